The third-order valence-corrected chi connectivity index (χ3v) is 4.09. The molecule has 100 valence electrons. The molecule has 0 unspecified atom stereocenters. The summed E-state index contributed by atoms with van der Waals surface area (Å²) in [5.41, 5.74) is 1.67. The number of rotatable bonds is 4. The zero-order valence-electron chi connectivity index (χ0n) is 11.1. The highest BCUT2D eigenvalue weighted by molar-refractivity contribution is 5.39. The zero-order valence-corrected chi connectivity index (χ0v) is 11.1. The van der Waals surface area contributed by atoms with Crippen LogP contribution >= 0.6 is 0 Å². The summed E-state index contributed by atoms with van der Waals surface area (Å²) >= 11 is 0. The molecule has 0 bridgehead atoms. The largest absolute Gasteiger partial charge is 0.507 e. The summed E-state index contributed by atoms with van der Waals surface area (Å²) in [5, 5.41) is 23.1. The molecule has 1 aliphatic rings. The summed E-state index contributed by atoms with van der Waals surface area (Å²) < 4.78 is 0. The van der Waals surface area contributed by atoms with Crippen LogP contribution in [0.4, 0.5) is 0 Å². The van der Waals surface area contributed by atoms with E-state index < -0.39 is 0 Å². The Morgan fingerprint density at radius 2 is 1.94 bits per heavy atom. The van der Waals surface area contributed by atoms with Gasteiger partial charge in [-0.25, -0.2) is 0 Å². The van der Waals surface area contributed by atoms with Crippen LogP contribution in [0.15, 0.2) is 18.2 Å². The summed E-state index contributed by atoms with van der Waals surface area (Å²) in [5.74, 6) is 0.369. The fourth-order valence-corrected chi connectivity index (χ4v) is 2.76. The van der Waals surface area contributed by atoms with Crippen molar-refractivity contribution in [1.82, 2.24) is 5.32 Å². The van der Waals surface area contributed by atoms with Gasteiger partial charge in [0.05, 0.1) is 6.61 Å². The van der Waals surface area contributed by atoms with E-state index >= 15 is 0 Å². The van der Waals surface area contributed by atoms with E-state index in [1.807, 2.05) is 25.1 Å². The van der Waals surface area contributed by atoms with E-state index in [2.05, 4.69) is 5.32 Å². The highest BCUT2D eigenvalue weighted by atomic mass is 16.3. The maximum atomic E-state index is 9.98. The molecule has 1 saturated carbocycles. The van der Waals surface area contributed by atoms with E-state index in [1.54, 1.807) is 0 Å². The normalized spacial score (nSPS) is 18.8. The number of aromatic hydroxyl groups is 1. The van der Waals surface area contributed by atoms with Crippen molar-refractivity contribution >= 4 is 0 Å². The van der Waals surface area contributed by atoms with Crippen LogP contribution in [0.25, 0.3) is 0 Å². The Morgan fingerprint density at radius 3 is 2.61 bits per heavy atom. The lowest BCUT2D eigenvalue weighted by Gasteiger charge is -2.36. The van der Waals surface area contributed by atoms with Crippen LogP contribution in [0.2, 0.25) is 0 Å². The predicted octanol–water partition coefficient (Wildman–Crippen LogP) is 2.49. The van der Waals surface area contributed by atoms with Crippen LogP contribution in [0.3, 0.4) is 0 Å². The molecule has 1 fully saturated rings. The molecule has 0 heterocycles. The second kappa shape index (κ2) is 5.72. The van der Waals surface area contributed by atoms with Gasteiger partial charge in [0, 0.05) is 17.6 Å². The van der Waals surface area contributed by atoms with Crippen molar-refractivity contribution in [3.05, 3.63) is 29.3 Å². The fraction of sp³-hybridized carbons (Fsp3) is 0.600. The van der Waals surface area contributed by atoms with Gasteiger partial charge < -0.3 is 15.5 Å². The quantitative estimate of drug-likeness (QED) is 0.768. The number of hydrogen-bond donors (Lipinski definition) is 3. The van der Waals surface area contributed by atoms with Gasteiger partial charge in [-0.15, -0.1) is 0 Å². The number of para-hydroxylation sites is 1. The number of phenols is 1. The Bertz CT molecular complexity index is 397. The third kappa shape index (κ3) is 2.85. The first-order chi connectivity index (χ1) is 8.67. The monoisotopic (exact) mass is 249 g/mol. The Hall–Kier alpha value is -1.06. The van der Waals surface area contributed by atoms with Gasteiger partial charge in [-0.3, -0.25) is 0 Å². The van der Waals surface area contributed by atoms with Crippen LogP contribution < -0.4 is 5.32 Å². The molecule has 2 rings (SSSR count). The van der Waals surface area contributed by atoms with E-state index in [-0.39, 0.29) is 12.1 Å². The predicted molar refractivity (Wildman–Crippen MR) is 72.6 cm³/mol. The van der Waals surface area contributed by atoms with Gasteiger partial charge in [-0.1, -0.05) is 37.5 Å². The van der Waals surface area contributed by atoms with Gasteiger partial charge in [-0.05, 0) is 25.3 Å². The maximum Gasteiger partial charge on any atom is 0.122 e. The highest BCUT2D eigenvalue weighted by Gasteiger charge is 2.30. The first-order valence-electron chi connectivity index (χ1n) is 6.80. The fourth-order valence-electron chi connectivity index (χ4n) is 2.76. The lowest BCUT2D eigenvalue weighted by Crippen LogP contribution is -2.49. The molecule has 0 atom stereocenters. The van der Waals surface area contributed by atoms with Gasteiger partial charge >= 0.3 is 0 Å². The molecular weight excluding hydrogens is 226 g/mol. The van der Waals surface area contributed by atoms with Gasteiger partial charge in [0.2, 0.25) is 0 Å². The molecule has 3 N–H and O–H groups in total. The second-order valence-corrected chi connectivity index (χ2v) is 5.44. The van der Waals surface area contributed by atoms with Gasteiger partial charge in [0.1, 0.15) is 5.75 Å². The summed E-state index contributed by atoms with van der Waals surface area (Å²) in [7, 11) is 0. The lowest BCUT2D eigenvalue weighted by atomic mass is 9.82. The van der Waals surface area contributed by atoms with Crippen LogP contribution in [-0.4, -0.2) is 22.4 Å². The van der Waals surface area contributed by atoms with Gasteiger partial charge in [-0.2, -0.15) is 0 Å². The molecule has 0 aliphatic heterocycles. The molecule has 1 aliphatic carbocycles. The second-order valence-electron chi connectivity index (χ2n) is 5.44. The number of aliphatic hydroxyl groups is 1. The third-order valence-electron chi connectivity index (χ3n) is 4.09. The van der Waals surface area contributed by atoms with Gasteiger partial charge in [0.25, 0.3) is 0 Å². The van der Waals surface area contributed by atoms with Gasteiger partial charge in [0.15, 0.2) is 0 Å². The SMILES string of the molecule is Cc1cccc(CNC2(CO)CCCCC2)c1O. The van der Waals surface area contributed by atoms with Crippen molar-refractivity contribution in [3.8, 4) is 5.75 Å². The number of aliphatic hydroxyl groups excluding tert-OH is 1. The van der Waals surface area contributed by atoms with Crippen molar-refractivity contribution in [2.24, 2.45) is 0 Å². The summed E-state index contributed by atoms with van der Waals surface area (Å²) in [6.45, 7) is 2.70. The summed E-state index contributed by atoms with van der Waals surface area (Å²) in [4.78, 5) is 0. The van der Waals surface area contributed by atoms with Crippen LogP contribution in [0, 0.1) is 6.92 Å². The average molecular weight is 249 g/mol. The van der Waals surface area contributed by atoms with Crippen LogP contribution in [0.1, 0.15) is 43.2 Å². The number of phenolic OH excluding ortho intramolecular Hbond substituents is 1. The van der Waals surface area contributed by atoms with E-state index in [4.69, 9.17) is 0 Å². The molecule has 18 heavy (non-hydrogen) atoms. The van der Waals surface area contributed by atoms with Crippen molar-refractivity contribution in [3.63, 3.8) is 0 Å². The molecule has 0 amide bonds. The van der Waals surface area contributed by atoms with Crippen molar-refractivity contribution in [2.45, 2.75) is 51.1 Å². The average Bonchev–Trinajstić information content (AvgIpc) is 2.41. The molecule has 0 aromatic heterocycles. The van der Waals surface area contributed by atoms with E-state index in [0.717, 1.165) is 24.0 Å². The minimum Gasteiger partial charge on any atom is -0.507 e. The lowest BCUT2D eigenvalue weighted by molar-refractivity contribution is 0.119. The number of hydrogen-bond acceptors (Lipinski definition) is 3. The molecule has 0 saturated heterocycles. The minimum absolute atomic E-state index is 0.144. The highest BCUT2D eigenvalue weighted by Crippen LogP contribution is 2.29. The molecule has 0 spiro atoms. The molecule has 1 aromatic rings. The number of benzene rings is 1. The van der Waals surface area contributed by atoms with Crippen LogP contribution in [0.5, 0.6) is 5.75 Å². The van der Waals surface area contributed by atoms with Crippen molar-refractivity contribution < 1.29 is 10.2 Å². The Labute approximate surface area is 109 Å². The summed E-state index contributed by atoms with van der Waals surface area (Å²) in [6, 6.07) is 5.79. The Morgan fingerprint density at radius 1 is 1.22 bits per heavy atom. The standard InChI is InChI=1S/C15H23NO2/c1-12-6-5-7-13(14(12)18)10-16-15(11-17)8-3-2-4-9-15/h5-7,16-18H,2-4,8-11H2,1H3. The zero-order chi connectivity index (χ0) is 13.0. The maximum absolute atomic E-state index is 9.98. The number of nitrogens with one attached hydrogen (secondary N) is 1. The van der Waals surface area contributed by atoms with Crippen LogP contribution in [-0.2, 0) is 6.54 Å². The Kier molecular flexibility index (Phi) is 4.25. The smallest absolute Gasteiger partial charge is 0.122 e. The first-order valence-corrected chi connectivity index (χ1v) is 6.80. The van der Waals surface area contributed by atoms with Crippen molar-refractivity contribution in [1.29, 1.82) is 0 Å². The first kappa shape index (κ1) is 13.4. The van der Waals surface area contributed by atoms with E-state index in [1.165, 1.54) is 19.3 Å². The summed E-state index contributed by atoms with van der Waals surface area (Å²) in [6.07, 6.45) is 5.66. The topological polar surface area (TPSA) is 52.5 Å². The molecule has 1 aromatic carbocycles. The Balaban J connectivity index is 2.03. The minimum atomic E-state index is -0.144. The molecular formula is C15H23NO2. The molecule has 3 nitrogen and oxygen atoms in total. The molecule has 3 heteroatoms. The molecule has 0 radical (unpaired) electrons. The number of aryl methyl sites for hydroxylation is 1. The van der Waals surface area contributed by atoms with E-state index in [9.17, 15) is 10.2 Å². The van der Waals surface area contributed by atoms with Crippen molar-refractivity contribution in [2.75, 3.05) is 6.61 Å². The van der Waals surface area contributed by atoms with E-state index in [0.29, 0.717) is 12.3 Å².